The number of amides is 3. The maximum absolute atomic E-state index is 14.0. The van der Waals surface area contributed by atoms with Crippen LogP contribution in [0.1, 0.15) is 56.6 Å². The van der Waals surface area contributed by atoms with Gasteiger partial charge >= 0.3 is 6.09 Å². The first kappa shape index (κ1) is 31.8. The van der Waals surface area contributed by atoms with Crippen molar-refractivity contribution in [2.45, 2.75) is 70.2 Å². The number of Topliss-reactive ketones (excluding diaryl/α,β-unsaturated/α-hetero) is 1. The zero-order valence-corrected chi connectivity index (χ0v) is 23.8. The molecule has 1 saturated heterocycles. The Bertz CT molecular complexity index is 1150. The van der Waals surface area contributed by atoms with Crippen LogP contribution >= 0.6 is 0 Å². The third-order valence-corrected chi connectivity index (χ3v) is 7.56. The highest BCUT2D eigenvalue weighted by molar-refractivity contribution is 5.95. The van der Waals surface area contributed by atoms with Crippen LogP contribution in [-0.4, -0.2) is 71.5 Å². The first-order valence-corrected chi connectivity index (χ1v) is 14.3. The fraction of sp³-hybridized carbons (Fsp3) is 0.484. The van der Waals surface area contributed by atoms with E-state index in [0.29, 0.717) is 37.9 Å². The molecular weight excluding hydrogens is 524 g/mol. The Labute approximate surface area is 241 Å². The van der Waals surface area contributed by atoms with Crippen molar-refractivity contribution in [1.82, 2.24) is 15.5 Å². The van der Waals surface area contributed by atoms with Crippen LogP contribution in [0.3, 0.4) is 0 Å². The van der Waals surface area contributed by atoms with Gasteiger partial charge in [0.05, 0.1) is 18.0 Å². The lowest BCUT2D eigenvalue weighted by Gasteiger charge is -2.32. The maximum atomic E-state index is 14.0. The van der Waals surface area contributed by atoms with Gasteiger partial charge in [-0.15, -0.1) is 0 Å². The second-order valence-electron chi connectivity index (χ2n) is 10.5. The zero-order chi connectivity index (χ0) is 29.8. The molecule has 5 atom stereocenters. The van der Waals surface area contributed by atoms with E-state index in [0.717, 1.165) is 12.0 Å². The van der Waals surface area contributed by atoms with Gasteiger partial charge in [0, 0.05) is 26.1 Å². The molecule has 1 aliphatic rings. The third-order valence-electron chi connectivity index (χ3n) is 7.56. The molecule has 222 valence electrons. The van der Waals surface area contributed by atoms with Crippen LogP contribution in [0.15, 0.2) is 60.7 Å². The molecule has 2 aromatic rings. The van der Waals surface area contributed by atoms with Gasteiger partial charge in [-0.05, 0) is 29.9 Å². The Balaban J connectivity index is 1.69. The Morgan fingerprint density at radius 2 is 1.73 bits per heavy atom. The largest absolute Gasteiger partial charge is 0.445 e. The molecule has 10 nitrogen and oxygen atoms in total. The quantitative estimate of drug-likeness (QED) is 0.242. The molecule has 3 amide bonds. The number of nitrogens with one attached hydrogen (secondary N) is 2. The number of nitrogens with zero attached hydrogens (tertiary/aromatic N) is 1. The number of carbonyl (C=O) groups is 4. The molecule has 3 rings (SSSR count). The third kappa shape index (κ3) is 9.12. The van der Waals surface area contributed by atoms with Gasteiger partial charge in [0.25, 0.3) is 5.91 Å². The van der Waals surface area contributed by atoms with E-state index in [1.807, 2.05) is 44.2 Å². The van der Waals surface area contributed by atoms with Crippen molar-refractivity contribution >= 4 is 23.7 Å². The van der Waals surface area contributed by atoms with E-state index in [-0.39, 0.29) is 25.0 Å². The van der Waals surface area contributed by atoms with E-state index in [2.05, 4.69) is 10.6 Å². The summed E-state index contributed by atoms with van der Waals surface area (Å²) in [5.74, 6) is -2.36. The van der Waals surface area contributed by atoms with Crippen LogP contribution in [0.5, 0.6) is 0 Å². The summed E-state index contributed by atoms with van der Waals surface area (Å²) in [5, 5.41) is 16.3. The highest BCUT2D eigenvalue weighted by Gasteiger charge is 2.40. The van der Waals surface area contributed by atoms with Crippen molar-refractivity contribution in [2.75, 3.05) is 19.6 Å². The highest BCUT2D eigenvalue weighted by atomic mass is 16.5. The molecule has 5 N–H and O–H groups in total. The number of alkyl carbamates (subject to hydrolysis) is 1. The van der Waals surface area contributed by atoms with E-state index in [1.54, 1.807) is 35.2 Å². The van der Waals surface area contributed by atoms with E-state index < -0.39 is 41.9 Å². The average molecular weight is 567 g/mol. The second kappa shape index (κ2) is 15.9. The van der Waals surface area contributed by atoms with E-state index in [4.69, 9.17) is 10.5 Å². The standard InChI is InChI=1S/C31H42N4O6/c1-3-21(2)27(34-31(40)41-20-22-12-6-4-7-13-22)28(37)25(23-14-8-5-9-15-23)26(32)29(38)30(39)33-17-11-19-35-18-10-16-24(35)36/h4-9,12-15,21,25-27,29,38H,3,10-11,16-20,32H2,1-2H3,(H,33,39)(H,34,40)/t21-,25?,26-,27-,29+/m0/s1. The van der Waals surface area contributed by atoms with E-state index >= 15 is 0 Å². The molecule has 1 fully saturated rings. The first-order chi connectivity index (χ1) is 19.7. The number of rotatable bonds is 15. The van der Waals surface area contributed by atoms with Crippen LogP contribution in [0, 0.1) is 5.92 Å². The normalized spacial score (nSPS) is 16.8. The topological polar surface area (TPSA) is 151 Å². The molecule has 41 heavy (non-hydrogen) atoms. The fourth-order valence-corrected chi connectivity index (χ4v) is 4.93. The van der Waals surface area contributed by atoms with Gasteiger partial charge in [-0.2, -0.15) is 0 Å². The van der Waals surface area contributed by atoms with Crippen molar-refractivity contribution < 1.29 is 29.0 Å². The van der Waals surface area contributed by atoms with E-state index in [1.165, 1.54) is 0 Å². The summed E-state index contributed by atoms with van der Waals surface area (Å²) >= 11 is 0. The van der Waals surface area contributed by atoms with E-state index in [9.17, 15) is 24.3 Å². The monoisotopic (exact) mass is 566 g/mol. The van der Waals surface area contributed by atoms with Gasteiger partial charge < -0.3 is 31.1 Å². The molecule has 0 aliphatic carbocycles. The summed E-state index contributed by atoms with van der Waals surface area (Å²) in [5.41, 5.74) is 7.76. The number of ether oxygens (including phenoxy) is 1. The zero-order valence-electron chi connectivity index (χ0n) is 23.8. The number of hydrogen-bond donors (Lipinski definition) is 4. The molecule has 1 heterocycles. The smallest absolute Gasteiger partial charge is 0.408 e. The van der Waals surface area contributed by atoms with Crippen LogP contribution in [-0.2, 0) is 25.7 Å². The average Bonchev–Trinajstić information content (AvgIpc) is 3.41. The molecule has 0 bridgehead atoms. The van der Waals surface area contributed by atoms with Gasteiger partial charge in [0.2, 0.25) is 5.91 Å². The van der Waals surface area contributed by atoms with Crippen molar-refractivity contribution in [1.29, 1.82) is 0 Å². The highest BCUT2D eigenvalue weighted by Crippen LogP contribution is 2.26. The van der Waals surface area contributed by atoms with Crippen LogP contribution < -0.4 is 16.4 Å². The lowest BCUT2D eigenvalue weighted by atomic mass is 9.79. The van der Waals surface area contributed by atoms with Crippen molar-refractivity contribution in [3.63, 3.8) is 0 Å². The number of aliphatic hydroxyl groups excluding tert-OH is 1. The summed E-state index contributed by atoms with van der Waals surface area (Å²) in [6.45, 7) is 5.27. The molecule has 0 spiro atoms. The SMILES string of the molecule is CC[C@H](C)[C@H](NC(=O)OCc1ccccc1)C(=O)C(c1ccccc1)[C@H](N)[C@@H](O)C(=O)NCCCN1CCCC1=O. The number of nitrogens with two attached hydrogens (primary N) is 1. The molecule has 1 unspecified atom stereocenters. The summed E-state index contributed by atoms with van der Waals surface area (Å²) in [6, 6.07) is 15.6. The van der Waals surface area contributed by atoms with Crippen molar-refractivity contribution in [2.24, 2.45) is 11.7 Å². The predicted molar refractivity (Wildman–Crippen MR) is 155 cm³/mol. The molecule has 1 aliphatic heterocycles. The van der Waals surface area contributed by atoms with Gasteiger partial charge in [-0.3, -0.25) is 14.4 Å². The minimum atomic E-state index is -1.68. The number of benzene rings is 2. The minimum Gasteiger partial charge on any atom is -0.445 e. The lowest BCUT2D eigenvalue weighted by Crippen LogP contribution is -2.55. The molecule has 2 aromatic carbocycles. The number of ketones is 1. The van der Waals surface area contributed by atoms with Crippen LogP contribution in [0.4, 0.5) is 4.79 Å². The minimum absolute atomic E-state index is 0.0422. The Hall–Kier alpha value is -3.76. The molecule has 0 radical (unpaired) electrons. The Kier molecular flexibility index (Phi) is 12.3. The van der Waals surface area contributed by atoms with Gasteiger partial charge in [-0.1, -0.05) is 80.9 Å². The Morgan fingerprint density at radius 1 is 1.07 bits per heavy atom. The number of hydrogen-bond acceptors (Lipinski definition) is 7. The Morgan fingerprint density at radius 3 is 2.34 bits per heavy atom. The number of aliphatic hydroxyl groups is 1. The summed E-state index contributed by atoms with van der Waals surface area (Å²) in [7, 11) is 0. The predicted octanol–water partition coefficient (Wildman–Crippen LogP) is 2.50. The fourth-order valence-electron chi connectivity index (χ4n) is 4.93. The summed E-state index contributed by atoms with van der Waals surface area (Å²) in [6.07, 6.45) is 0.0694. The molecule has 0 saturated carbocycles. The summed E-state index contributed by atoms with van der Waals surface area (Å²) in [4.78, 5) is 53.1. The summed E-state index contributed by atoms with van der Waals surface area (Å²) < 4.78 is 5.36. The molecule has 0 aromatic heterocycles. The number of carbonyl (C=O) groups excluding carboxylic acids is 4. The second-order valence-corrected chi connectivity index (χ2v) is 10.5. The first-order valence-electron chi connectivity index (χ1n) is 14.3. The number of likely N-dealkylation sites (tertiary alicyclic amines) is 1. The van der Waals surface area contributed by atoms with Crippen LogP contribution in [0.2, 0.25) is 0 Å². The maximum Gasteiger partial charge on any atom is 0.408 e. The lowest BCUT2D eigenvalue weighted by molar-refractivity contribution is -0.132. The van der Waals surface area contributed by atoms with Crippen molar-refractivity contribution in [3.05, 3.63) is 71.8 Å². The molecular formula is C31H42N4O6. The van der Waals surface area contributed by atoms with Gasteiger partial charge in [-0.25, -0.2) is 4.79 Å². The van der Waals surface area contributed by atoms with Gasteiger partial charge in [0.15, 0.2) is 5.78 Å². The van der Waals surface area contributed by atoms with Gasteiger partial charge in [0.1, 0.15) is 12.7 Å². The van der Waals surface area contributed by atoms with Crippen molar-refractivity contribution in [3.8, 4) is 0 Å². The molecule has 10 heteroatoms. The van der Waals surface area contributed by atoms with Crippen LogP contribution in [0.25, 0.3) is 0 Å².